The van der Waals surface area contributed by atoms with Crippen LogP contribution in [0.25, 0.3) is 0 Å². The van der Waals surface area contributed by atoms with Crippen LogP contribution < -0.4 is 9.64 Å². The highest BCUT2D eigenvalue weighted by Gasteiger charge is 2.42. The van der Waals surface area contributed by atoms with E-state index in [-0.39, 0.29) is 24.3 Å². The first kappa shape index (κ1) is 14.4. The highest BCUT2D eigenvalue weighted by Crippen LogP contribution is 2.28. The predicted octanol–water partition coefficient (Wildman–Crippen LogP) is 1.38. The molecule has 0 unspecified atom stereocenters. The van der Waals surface area contributed by atoms with Gasteiger partial charge in [-0.05, 0) is 24.3 Å². The van der Waals surface area contributed by atoms with E-state index in [0.717, 1.165) is 24.6 Å². The van der Waals surface area contributed by atoms with Crippen molar-refractivity contribution in [2.24, 2.45) is 0 Å². The molecule has 2 heterocycles. The van der Waals surface area contributed by atoms with Crippen LogP contribution in [0.4, 0.5) is 5.69 Å². The number of amides is 2. The van der Waals surface area contributed by atoms with Crippen LogP contribution >= 0.6 is 11.8 Å². The number of imide groups is 1. The van der Waals surface area contributed by atoms with Crippen LogP contribution in [0.3, 0.4) is 0 Å². The minimum atomic E-state index is -0.291. The molecule has 6 heteroatoms. The number of carbonyl (C=O) groups is 2. The summed E-state index contributed by atoms with van der Waals surface area (Å²) in [4.78, 5) is 28.3. The maximum absolute atomic E-state index is 12.6. The van der Waals surface area contributed by atoms with Gasteiger partial charge in [0.15, 0.2) is 0 Å². The minimum Gasteiger partial charge on any atom is -0.497 e. The van der Waals surface area contributed by atoms with Crippen LogP contribution in [0.15, 0.2) is 24.3 Å². The highest BCUT2D eigenvalue weighted by atomic mass is 32.2. The van der Waals surface area contributed by atoms with Gasteiger partial charge in [0.25, 0.3) is 5.91 Å². The van der Waals surface area contributed by atoms with Crippen LogP contribution in [0.5, 0.6) is 5.75 Å². The average molecular weight is 306 g/mol. The first-order valence-corrected chi connectivity index (χ1v) is 8.19. The Kier molecular flexibility index (Phi) is 4.17. The number of methoxy groups -OCH3 is 1. The summed E-state index contributed by atoms with van der Waals surface area (Å²) in [5, 5.41) is 0. The number of thioether (sulfide) groups is 1. The van der Waals surface area contributed by atoms with E-state index >= 15 is 0 Å². The first-order valence-electron chi connectivity index (χ1n) is 7.03. The third-order valence-electron chi connectivity index (χ3n) is 3.94. The third-order valence-corrected chi connectivity index (χ3v) is 4.88. The van der Waals surface area contributed by atoms with Crippen molar-refractivity contribution in [3.05, 3.63) is 24.3 Å². The number of anilines is 1. The van der Waals surface area contributed by atoms with Gasteiger partial charge in [0.1, 0.15) is 5.75 Å². The second kappa shape index (κ2) is 6.07. The fourth-order valence-electron chi connectivity index (χ4n) is 2.79. The summed E-state index contributed by atoms with van der Waals surface area (Å²) in [6.45, 7) is 1.76. The minimum absolute atomic E-state index is 0.0999. The number of rotatable bonds is 3. The Labute approximate surface area is 128 Å². The van der Waals surface area contributed by atoms with Crippen molar-refractivity contribution in [2.45, 2.75) is 12.5 Å². The summed E-state index contributed by atoms with van der Waals surface area (Å²) in [7, 11) is 1.59. The van der Waals surface area contributed by atoms with E-state index in [2.05, 4.69) is 4.90 Å². The van der Waals surface area contributed by atoms with E-state index in [0.29, 0.717) is 11.4 Å². The van der Waals surface area contributed by atoms with E-state index in [1.165, 1.54) is 4.90 Å². The van der Waals surface area contributed by atoms with E-state index < -0.39 is 0 Å². The largest absolute Gasteiger partial charge is 0.497 e. The van der Waals surface area contributed by atoms with Crippen LogP contribution in [-0.2, 0) is 9.59 Å². The second-order valence-corrected chi connectivity index (χ2v) is 6.36. The van der Waals surface area contributed by atoms with Crippen molar-refractivity contribution < 1.29 is 14.3 Å². The van der Waals surface area contributed by atoms with Gasteiger partial charge in [0.2, 0.25) is 5.91 Å². The first-order chi connectivity index (χ1) is 10.2. The maximum atomic E-state index is 12.6. The monoisotopic (exact) mass is 306 g/mol. The zero-order valence-electron chi connectivity index (χ0n) is 11.9. The summed E-state index contributed by atoms with van der Waals surface area (Å²) >= 11 is 1.90. The van der Waals surface area contributed by atoms with Gasteiger partial charge in [-0.25, -0.2) is 4.90 Å². The number of nitrogens with zero attached hydrogens (tertiary/aromatic N) is 2. The van der Waals surface area contributed by atoms with Gasteiger partial charge in [0.05, 0.1) is 25.3 Å². The molecule has 2 saturated heterocycles. The lowest BCUT2D eigenvalue weighted by Gasteiger charge is -2.30. The normalized spacial score (nSPS) is 23.7. The summed E-state index contributed by atoms with van der Waals surface area (Å²) in [5.74, 6) is 2.55. The zero-order valence-corrected chi connectivity index (χ0v) is 12.8. The van der Waals surface area contributed by atoms with Crippen LogP contribution in [0, 0.1) is 0 Å². The number of hydrogen-bond donors (Lipinski definition) is 0. The molecule has 2 aliphatic heterocycles. The molecule has 1 aromatic rings. The molecule has 0 radical (unpaired) electrons. The van der Waals surface area contributed by atoms with Crippen molar-refractivity contribution in [2.75, 3.05) is 36.6 Å². The van der Waals surface area contributed by atoms with E-state index in [9.17, 15) is 9.59 Å². The molecule has 1 aromatic carbocycles. The molecular formula is C15H18N2O3S. The lowest BCUT2D eigenvalue weighted by Crippen LogP contribution is -2.45. The standard InChI is InChI=1S/C15H18N2O3S/c1-20-12-4-2-11(3-5-12)17-14(18)10-13(15(17)19)16-6-8-21-9-7-16/h2-5,13H,6-10H2,1H3/t13-/m1/s1. The van der Waals surface area contributed by atoms with E-state index in [1.807, 2.05) is 11.8 Å². The molecule has 0 bridgehead atoms. The van der Waals surface area contributed by atoms with Gasteiger partial charge in [0, 0.05) is 24.6 Å². The molecule has 3 rings (SSSR count). The van der Waals surface area contributed by atoms with Crippen molar-refractivity contribution in [1.29, 1.82) is 0 Å². The molecule has 2 amide bonds. The fourth-order valence-corrected chi connectivity index (χ4v) is 3.72. The average Bonchev–Trinajstić information content (AvgIpc) is 2.83. The van der Waals surface area contributed by atoms with Crippen LogP contribution in [0.2, 0.25) is 0 Å². The van der Waals surface area contributed by atoms with Gasteiger partial charge in [-0.1, -0.05) is 0 Å². The lowest BCUT2D eigenvalue weighted by molar-refractivity contribution is -0.122. The van der Waals surface area contributed by atoms with Gasteiger partial charge in [-0.15, -0.1) is 0 Å². The highest BCUT2D eigenvalue weighted by molar-refractivity contribution is 7.99. The Morgan fingerprint density at radius 2 is 1.81 bits per heavy atom. The number of ether oxygens (including phenoxy) is 1. The molecule has 0 saturated carbocycles. The van der Waals surface area contributed by atoms with E-state index in [4.69, 9.17) is 4.74 Å². The summed E-state index contributed by atoms with van der Waals surface area (Å²) in [5.41, 5.74) is 0.625. The second-order valence-electron chi connectivity index (χ2n) is 5.13. The molecule has 0 aliphatic carbocycles. The van der Waals surface area contributed by atoms with Crippen LogP contribution in [0.1, 0.15) is 6.42 Å². The maximum Gasteiger partial charge on any atom is 0.251 e. The Hall–Kier alpha value is -1.53. The molecule has 0 aromatic heterocycles. The quantitative estimate of drug-likeness (QED) is 0.790. The van der Waals surface area contributed by atoms with Crippen molar-refractivity contribution in [1.82, 2.24) is 4.90 Å². The van der Waals surface area contributed by atoms with Gasteiger partial charge in [-0.2, -0.15) is 11.8 Å². The number of hydrogen-bond acceptors (Lipinski definition) is 5. The Morgan fingerprint density at radius 3 is 2.43 bits per heavy atom. The van der Waals surface area contributed by atoms with Gasteiger partial charge >= 0.3 is 0 Å². The predicted molar refractivity (Wildman–Crippen MR) is 82.8 cm³/mol. The third kappa shape index (κ3) is 2.78. The van der Waals surface area contributed by atoms with Crippen molar-refractivity contribution in [3.63, 3.8) is 0 Å². The van der Waals surface area contributed by atoms with Gasteiger partial charge < -0.3 is 4.74 Å². The Bertz CT molecular complexity index is 540. The van der Waals surface area contributed by atoms with Crippen molar-refractivity contribution in [3.8, 4) is 5.75 Å². The van der Waals surface area contributed by atoms with E-state index in [1.54, 1.807) is 31.4 Å². The van der Waals surface area contributed by atoms with Crippen molar-refractivity contribution >= 4 is 29.3 Å². The summed E-state index contributed by atoms with van der Waals surface area (Å²) < 4.78 is 5.10. The smallest absolute Gasteiger partial charge is 0.251 e. The molecule has 112 valence electrons. The summed E-state index contributed by atoms with van der Waals surface area (Å²) in [6.07, 6.45) is 0.287. The van der Waals surface area contributed by atoms with Gasteiger partial charge in [-0.3, -0.25) is 14.5 Å². The molecule has 0 spiro atoms. The molecule has 2 fully saturated rings. The Morgan fingerprint density at radius 1 is 1.14 bits per heavy atom. The summed E-state index contributed by atoms with van der Waals surface area (Å²) in [6, 6.07) is 6.74. The lowest BCUT2D eigenvalue weighted by atomic mass is 10.2. The fraction of sp³-hybridized carbons (Fsp3) is 0.467. The Balaban J connectivity index is 1.79. The molecule has 5 nitrogen and oxygen atoms in total. The molecule has 1 atom stereocenters. The SMILES string of the molecule is COc1ccc(N2C(=O)C[C@@H](N3CCSCC3)C2=O)cc1. The zero-order chi connectivity index (χ0) is 14.8. The molecular weight excluding hydrogens is 288 g/mol. The number of benzene rings is 1. The molecule has 21 heavy (non-hydrogen) atoms. The topological polar surface area (TPSA) is 49.9 Å². The molecule has 0 N–H and O–H groups in total. The van der Waals surface area contributed by atoms with Crippen LogP contribution in [-0.4, -0.2) is 54.5 Å². The number of carbonyl (C=O) groups excluding carboxylic acids is 2. The molecule has 2 aliphatic rings.